The first kappa shape index (κ1) is 14.7. The number of methoxy groups -OCH3 is 1. The fourth-order valence-electron chi connectivity index (χ4n) is 1.52. The van der Waals surface area contributed by atoms with Crippen LogP contribution in [0.3, 0.4) is 0 Å². The van der Waals surface area contributed by atoms with Gasteiger partial charge in [0.1, 0.15) is 11.6 Å². The first-order chi connectivity index (χ1) is 8.65. The Bertz CT molecular complexity index is 356. The number of aromatic nitrogens is 2. The molecule has 1 N–H and O–H groups in total. The molecule has 0 saturated heterocycles. The number of rotatable bonds is 8. The molecule has 1 aromatic rings. The molecule has 5 nitrogen and oxygen atoms in total. The van der Waals surface area contributed by atoms with Gasteiger partial charge >= 0.3 is 0 Å². The second-order valence-electron chi connectivity index (χ2n) is 4.46. The molecule has 0 bridgehead atoms. The largest absolute Gasteiger partial charge is 0.478 e. The van der Waals surface area contributed by atoms with Gasteiger partial charge in [-0.2, -0.15) is 4.98 Å². The summed E-state index contributed by atoms with van der Waals surface area (Å²) >= 11 is 0. The molecule has 1 heterocycles. The van der Waals surface area contributed by atoms with Crippen LogP contribution >= 0.6 is 0 Å². The van der Waals surface area contributed by atoms with E-state index in [2.05, 4.69) is 29.1 Å². The van der Waals surface area contributed by atoms with Gasteiger partial charge in [0.2, 0.25) is 5.88 Å². The third-order valence-corrected chi connectivity index (χ3v) is 2.24. The van der Waals surface area contributed by atoms with Gasteiger partial charge in [-0.1, -0.05) is 13.8 Å². The highest BCUT2D eigenvalue weighted by Crippen LogP contribution is 2.15. The smallest absolute Gasteiger partial charge is 0.218 e. The minimum Gasteiger partial charge on any atom is -0.478 e. The molecular formula is C13H23N3O2. The van der Waals surface area contributed by atoms with Crippen molar-refractivity contribution in [3.05, 3.63) is 11.9 Å². The summed E-state index contributed by atoms with van der Waals surface area (Å²) in [4.78, 5) is 8.86. The lowest BCUT2D eigenvalue weighted by atomic mass is 10.1. The molecule has 0 aliphatic heterocycles. The zero-order valence-electron chi connectivity index (χ0n) is 11.7. The average Bonchev–Trinajstić information content (AvgIpc) is 2.28. The normalized spacial score (nSPS) is 10.7. The Morgan fingerprint density at radius 1 is 1.33 bits per heavy atom. The van der Waals surface area contributed by atoms with Crippen LogP contribution in [0.25, 0.3) is 0 Å². The van der Waals surface area contributed by atoms with Crippen LogP contribution in [-0.4, -0.2) is 36.8 Å². The zero-order valence-corrected chi connectivity index (χ0v) is 11.7. The van der Waals surface area contributed by atoms with Crippen LogP contribution in [0.15, 0.2) is 6.07 Å². The molecule has 0 radical (unpaired) electrons. The summed E-state index contributed by atoms with van der Waals surface area (Å²) in [5.41, 5.74) is 0. The van der Waals surface area contributed by atoms with Gasteiger partial charge in [0.05, 0.1) is 13.2 Å². The van der Waals surface area contributed by atoms with Crippen LogP contribution < -0.4 is 10.1 Å². The number of hydrogen-bond donors (Lipinski definition) is 1. The zero-order chi connectivity index (χ0) is 13.4. The maximum absolute atomic E-state index is 5.45. The van der Waals surface area contributed by atoms with Crippen LogP contribution in [0.4, 0.5) is 5.82 Å². The Labute approximate surface area is 109 Å². The van der Waals surface area contributed by atoms with E-state index in [1.807, 2.05) is 13.0 Å². The maximum atomic E-state index is 5.45. The second-order valence-corrected chi connectivity index (χ2v) is 4.46. The second kappa shape index (κ2) is 7.87. The summed E-state index contributed by atoms with van der Waals surface area (Å²) in [5, 5.41) is 3.20. The summed E-state index contributed by atoms with van der Waals surface area (Å²) in [6.45, 7) is 8.22. The van der Waals surface area contributed by atoms with Crippen molar-refractivity contribution < 1.29 is 9.47 Å². The molecule has 102 valence electrons. The highest BCUT2D eigenvalue weighted by atomic mass is 16.5. The van der Waals surface area contributed by atoms with Crippen molar-refractivity contribution in [2.24, 2.45) is 5.92 Å². The molecule has 0 aliphatic carbocycles. The number of anilines is 1. The van der Waals surface area contributed by atoms with Crippen molar-refractivity contribution in [1.82, 2.24) is 9.97 Å². The van der Waals surface area contributed by atoms with Gasteiger partial charge in [0.25, 0.3) is 0 Å². The molecule has 0 fully saturated rings. The van der Waals surface area contributed by atoms with E-state index >= 15 is 0 Å². The first-order valence-corrected chi connectivity index (χ1v) is 6.39. The standard InChI is InChI=1S/C13H23N3O2/c1-5-18-13-9-11(14-6-7-17-4)15-12(16-13)8-10(2)3/h9-10H,5-8H2,1-4H3,(H,14,15,16). The Morgan fingerprint density at radius 3 is 2.72 bits per heavy atom. The molecule has 0 aromatic carbocycles. The summed E-state index contributed by atoms with van der Waals surface area (Å²) in [5.74, 6) is 2.76. The number of nitrogens with zero attached hydrogens (tertiary/aromatic N) is 2. The molecule has 0 spiro atoms. The first-order valence-electron chi connectivity index (χ1n) is 6.39. The molecule has 5 heteroatoms. The average molecular weight is 253 g/mol. The van der Waals surface area contributed by atoms with E-state index in [-0.39, 0.29) is 0 Å². The van der Waals surface area contributed by atoms with E-state index in [1.54, 1.807) is 7.11 Å². The molecule has 0 unspecified atom stereocenters. The Kier molecular flexibility index (Phi) is 6.43. The SMILES string of the molecule is CCOc1cc(NCCOC)nc(CC(C)C)n1. The van der Waals surface area contributed by atoms with Crippen LogP contribution in [0.2, 0.25) is 0 Å². The van der Waals surface area contributed by atoms with E-state index in [0.717, 1.165) is 24.6 Å². The monoisotopic (exact) mass is 253 g/mol. The van der Waals surface area contributed by atoms with Gasteiger partial charge in [-0.15, -0.1) is 0 Å². The molecule has 0 atom stereocenters. The Balaban J connectivity index is 2.77. The lowest BCUT2D eigenvalue weighted by Crippen LogP contribution is -2.11. The van der Waals surface area contributed by atoms with E-state index in [0.29, 0.717) is 25.0 Å². The van der Waals surface area contributed by atoms with Crippen LogP contribution in [-0.2, 0) is 11.2 Å². The summed E-state index contributed by atoms with van der Waals surface area (Å²) in [7, 11) is 1.68. The van der Waals surface area contributed by atoms with Crippen molar-refractivity contribution in [3.63, 3.8) is 0 Å². The predicted octanol–water partition coefficient (Wildman–Crippen LogP) is 2.13. The summed E-state index contributed by atoms with van der Waals surface area (Å²) < 4.78 is 10.5. The lowest BCUT2D eigenvalue weighted by molar-refractivity contribution is 0.210. The fourth-order valence-corrected chi connectivity index (χ4v) is 1.52. The molecule has 1 rings (SSSR count). The van der Waals surface area contributed by atoms with Crippen molar-refractivity contribution in [1.29, 1.82) is 0 Å². The molecule has 1 aromatic heterocycles. The number of nitrogens with one attached hydrogen (secondary N) is 1. The number of ether oxygens (including phenoxy) is 2. The summed E-state index contributed by atoms with van der Waals surface area (Å²) in [6, 6.07) is 1.82. The number of hydrogen-bond acceptors (Lipinski definition) is 5. The molecular weight excluding hydrogens is 230 g/mol. The molecule has 0 amide bonds. The van der Waals surface area contributed by atoms with Crippen LogP contribution in [0.1, 0.15) is 26.6 Å². The van der Waals surface area contributed by atoms with Crippen molar-refractivity contribution >= 4 is 5.82 Å². The van der Waals surface area contributed by atoms with Crippen molar-refractivity contribution in [2.45, 2.75) is 27.2 Å². The third kappa shape index (κ3) is 5.31. The Morgan fingerprint density at radius 2 is 2.11 bits per heavy atom. The van der Waals surface area contributed by atoms with E-state index < -0.39 is 0 Å². The lowest BCUT2D eigenvalue weighted by Gasteiger charge is -2.11. The maximum Gasteiger partial charge on any atom is 0.218 e. The minimum absolute atomic E-state index is 0.522. The predicted molar refractivity (Wildman–Crippen MR) is 72.1 cm³/mol. The van der Waals surface area contributed by atoms with Gasteiger partial charge in [0.15, 0.2) is 0 Å². The highest BCUT2D eigenvalue weighted by Gasteiger charge is 2.07. The fraction of sp³-hybridized carbons (Fsp3) is 0.692. The molecule has 18 heavy (non-hydrogen) atoms. The van der Waals surface area contributed by atoms with Crippen LogP contribution in [0.5, 0.6) is 5.88 Å². The van der Waals surface area contributed by atoms with Gasteiger partial charge in [0, 0.05) is 26.1 Å². The van der Waals surface area contributed by atoms with Gasteiger partial charge in [-0.05, 0) is 12.8 Å². The van der Waals surface area contributed by atoms with E-state index in [1.165, 1.54) is 0 Å². The van der Waals surface area contributed by atoms with Gasteiger partial charge < -0.3 is 14.8 Å². The topological polar surface area (TPSA) is 56.3 Å². The van der Waals surface area contributed by atoms with E-state index in [4.69, 9.17) is 9.47 Å². The molecule has 0 saturated carbocycles. The Hall–Kier alpha value is -1.36. The quantitative estimate of drug-likeness (QED) is 0.719. The van der Waals surface area contributed by atoms with Crippen LogP contribution in [0, 0.1) is 5.92 Å². The minimum atomic E-state index is 0.522. The van der Waals surface area contributed by atoms with Crippen molar-refractivity contribution in [2.75, 3.05) is 32.2 Å². The van der Waals surface area contributed by atoms with E-state index in [9.17, 15) is 0 Å². The van der Waals surface area contributed by atoms with Gasteiger partial charge in [-0.3, -0.25) is 0 Å². The summed E-state index contributed by atoms with van der Waals surface area (Å²) in [6.07, 6.45) is 0.847. The van der Waals surface area contributed by atoms with Crippen molar-refractivity contribution in [3.8, 4) is 5.88 Å². The highest BCUT2D eigenvalue weighted by molar-refractivity contribution is 5.38. The third-order valence-electron chi connectivity index (χ3n) is 2.24. The molecule has 0 aliphatic rings. The van der Waals surface area contributed by atoms with Gasteiger partial charge in [-0.25, -0.2) is 4.98 Å².